The van der Waals surface area contributed by atoms with Crippen LogP contribution in [0, 0.1) is 6.92 Å². The topological polar surface area (TPSA) is 75.3 Å². The van der Waals surface area contributed by atoms with E-state index in [2.05, 4.69) is 63.0 Å². The Morgan fingerprint density at radius 2 is 2.08 bits per heavy atom. The molecule has 7 heteroatoms. The summed E-state index contributed by atoms with van der Waals surface area (Å²) in [6.07, 6.45) is 2.45. The Morgan fingerprint density at radius 1 is 1.29 bits per heavy atom. The van der Waals surface area contributed by atoms with Crippen LogP contribution in [-0.4, -0.2) is 33.9 Å². The molecule has 1 saturated carbocycles. The predicted molar refractivity (Wildman–Crippen MR) is 96.1 cm³/mol. The Balaban J connectivity index is 1.55. The van der Waals surface area contributed by atoms with E-state index in [1.165, 1.54) is 17.7 Å². The molecule has 0 unspecified atom stereocenters. The van der Waals surface area contributed by atoms with Crippen LogP contribution in [0.3, 0.4) is 0 Å². The minimum atomic E-state index is 0.276. The van der Waals surface area contributed by atoms with Gasteiger partial charge in [-0.2, -0.15) is 4.98 Å². The van der Waals surface area contributed by atoms with Gasteiger partial charge in [-0.15, -0.1) is 11.8 Å². The van der Waals surface area contributed by atoms with Crippen molar-refractivity contribution >= 4 is 17.7 Å². The molecule has 3 rings (SSSR count). The van der Waals surface area contributed by atoms with Gasteiger partial charge in [-0.1, -0.05) is 23.4 Å². The Labute approximate surface area is 146 Å². The van der Waals surface area contributed by atoms with E-state index >= 15 is 0 Å². The Morgan fingerprint density at radius 3 is 2.71 bits per heavy atom. The molecule has 0 atom stereocenters. The fourth-order valence-corrected chi connectivity index (χ4v) is 3.57. The van der Waals surface area contributed by atoms with Crippen LogP contribution in [0.15, 0.2) is 44.7 Å². The van der Waals surface area contributed by atoms with Crippen molar-refractivity contribution in [1.82, 2.24) is 20.8 Å². The normalized spacial score (nSPS) is 16.0. The number of thioether (sulfide) groups is 1. The summed E-state index contributed by atoms with van der Waals surface area (Å²) in [5, 5.41) is 10.5. The fourth-order valence-electron chi connectivity index (χ4n) is 2.33. The third-order valence-corrected chi connectivity index (χ3v) is 5.24. The molecule has 1 heterocycles. The van der Waals surface area contributed by atoms with Crippen molar-refractivity contribution in [2.75, 3.05) is 13.1 Å². The first-order chi connectivity index (χ1) is 11.7. The van der Waals surface area contributed by atoms with Crippen LogP contribution in [0.5, 0.6) is 0 Å². The first-order valence-electron chi connectivity index (χ1n) is 8.24. The predicted octanol–water partition coefficient (Wildman–Crippen LogP) is 2.76. The molecule has 2 N–H and O–H groups in total. The standard InChI is InChI=1S/C17H23N5OS/c1-3-18-16(19-11-15-21-13(2)22-23-15)20-12-17(9-10-17)24-14-7-5-4-6-8-14/h4-8H,3,9-12H2,1-2H3,(H2,18,19,20). The highest BCUT2D eigenvalue weighted by atomic mass is 32.2. The summed E-state index contributed by atoms with van der Waals surface area (Å²) in [5.74, 6) is 1.95. The third-order valence-electron chi connectivity index (χ3n) is 3.75. The number of aliphatic imine (C=N–C) groups is 1. The number of aryl methyl sites for hydroxylation is 1. The number of benzene rings is 1. The number of hydrogen-bond donors (Lipinski definition) is 2. The smallest absolute Gasteiger partial charge is 0.248 e. The minimum Gasteiger partial charge on any atom is -0.357 e. The zero-order valence-electron chi connectivity index (χ0n) is 14.1. The van der Waals surface area contributed by atoms with Gasteiger partial charge in [0.05, 0.1) is 0 Å². The summed E-state index contributed by atoms with van der Waals surface area (Å²) in [6.45, 7) is 5.95. The summed E-state index contributed by atoms with van der Waals surface area (Å²) in [4.78, 5) is 10.0. The average molecular weight is 345 g/mol. The number of hydrogen-bond acceptors (Lipinski definition) is 5. The minimum absolute atomic E-state index is 0.276. The molecule has 1 fully saturated rings. The highest BCUT2D eigenvalue weighted by Crippen LogP contribution is 2.51. The van der Waals surface area contributed by atoms with Gasteiger partial charge in [0, 0.05) is 22.7 Å². The van der Waals surface area contributed by atoms with Crippen molar-refractivity contribution in [3.8, 4) is 0 Å². The maximum absolute atomic E-state index is 5.10. The monoisotopic (exact) mass is 345 g/mol. The first kappa shape index (κ1) is 16.8. The van der Waals surface area contributed by atoms with E-state index in [4.69, 9.17) is 4.52 Å². The van der Waals surface area contributed by atoms with Crippen LogP contribution in [0.1, 0.15) is 31.5 Å². The molecule has 0 radical (unpaired) electrons. The molecular weight excluding hydrogens is 322 g/mol. The van der Waals surface area contributed by atoms with Crippen LogP contribution in [0.2, 0.25) is 0 Å². The first-order valence-corrected chi connectivity index (χ1v) is 9.06. The zero-order valence-corrected chi connectivity index (χ0v) is 14.9. The second-order valence-electron chi connectivity index (χ2n) is 5.88. The molecule has 0 amide bonds. The van der Waals surface area contributed by atoms with Gasteiger partial charge in [-0.25, -0.2) is 4.99 Å². The second-order valence-corrected chi connectivity index (χ2v) is 7.42. The van der Waals surface area contributed by atoms with Crippen LogP contribution >= 0.6 is 11.8 Å². The largest absolute Gasteiger partial charge is 0.357 e. The van der Waals surface area contributed by atoms with Crippen molar-refractivity contribution in [3.05, 3.63) is 42.0 Å². The molecule has 0 spiro atoms. The van der Waals surface area contributed by atoms with E-state index in [1.807, 2.05) is 11.8 Å². The van der Waals surface area contributed by atoms with Gasteiger partial charge < -0.3 is 15.2 Å². The van der Waals surface area contributed by atoms with E-state index in [0.717, 1.165) is 19.0 Å². The third kappa shape index (κ3) is 4.74. The quantitative estimate of drug-likeness (QED) is 0.594. The molecule has 6 nitrogen and oxygen atoms in total. The van der Waals surface area contributed by atoms with Crippen molar-refractivity contribution < 1.29 is 4.52 Å². The molecular formula is C17H23N5OS. The molecule has 24 heavy (non-hydrogen) atoms. The lowest BCUT2D eigenvalue weighted by Crippen LogP contribution is -2.41. The Bertz CT molecular complexity index is 681. The summed E-state index contributed by atoms with van der Waals surface area (Å²) in [6, 6.07) is 10.6. The molecule has 0 aliphatic heterocycles. The molecule has 1 aromatic heterocycles. The van der Waals surface area contributed by atoms with Gasteiger partial charge in [0.1, 0.15) is 6.54 Å². The molecule has 128 valence electrons. The number of guanidine groups is 1. The summed E-state index contributed by atoms with van der Waals surface area (Å²) >= 11 is 1.95. The Kier molecular flexibility index (Phi) is 5.40. The van der Waals surface area contributed by atoms with E-state index in [-0.39, 0.29) is 4.75 Å². The van der Waals surface area contributed by atoms with Gasteiger partial charge in [-0.05, 0) is 38.8 Å². The van der Waals surface area contributed by atoms with Crippen LogP contribution in [0.4, 0.5) is 0 Å². The van der Waals surface area contributed by atoms with Crippen molar-refractivity contribution in [2.24, 2.45) is 4.99 Å². The lowest BCUT2D eigenvalue weighted by molar-refractivity contribution is 0.376. The van der Waals surface area contributed by atoms with Gasteiger partial charge in [0.25, 0.3) is 0 Å². The fraction of sp³-hybridized carbons (Fsp3) is 0.471. The SMILES string of the molecule is CCNC(=NCc1nc(C)no1)NCC1(Sc2ccccc2)CC1. The number of nitrogens with zero attached hydrogens (tertiary/aromatic N) is 3. The van der Waals surface area contributed by atoms with Crippen molar-refractivity contribution in [3.63, 3.8) is 0 Å². The van der Waals surface area contributed by atoms with E-state index in [0.29, 0.717) is 18.3 Å². The van der Waals surface area contributed by atoms with Crippen molar-refractivity contribution in [1.29, 1.82) is 0 Å². The van der Waals surface area contributed by atoms with E-state index in [1.54, 1.807) is 6.92 Å². The molecule has 0 saturated heterocycles. The van der Waals surface area contributed by atoms with Gasteiger partial charge in [-0.3, -0.25) is 0 Å². The van der Waals surface area contributed by atoms with Gasteiger partial charge >= 0.3 is 0 Å². The summed E-state index contributed by atoms with van der Waals surface area (Å²) in [7, 11) is 0. The zero-order chi connectivity index (χ0) is 16.8. The van der Waals surface area contributed by atoms with Crippen LogP contribution < -0.4 is 10.6 Å². The maximum Gasteiger partial charge on any atom is 0.248 e. The molecule has 1 aliphatic carbocycles. The molecule has 0 bridgehead atoms. The maximum atomic E-state index is 5.10. The van der Waals surface area contributed by atoms with E-state index in [9.17, 15) is 0 Å². The van der Waals surface area contributed by atoms with Gasteiger partial charge in [0.2, 0.25) is 5.89 Å². The van der Waals surface area contributed by atoms with E-state index < -0.39 is 0 Å². The van der Waals surface area contributed by atoms with Crippen molar-refractivity contribution in [2.45, 2.75) is 42.9 Å². The number of nitrogens with one attached hydrogen (secondary N) is 2. The Hall–Kier alpha value is -2.02. The molecule has 2 aromatic rings. The lowest BCUT2D eigenvalue weighted by Gasteiger charge is -2.18. The highest BCUT2D eigenvalue weighted by molar-refractivity contribution is 8.01. The highest BCUT2D eigenvalue weighted by Gasteiger charge is 2.43. The summed E-state index contributed by atoms with van der Waals surface area (Å²) in [5.41, 5.74) is 0. The average Bonchev–Trinajstić information content (AvgIpc) is 3.22. The van der Waals surface area contributed by atoms with Crippen LogP contribution in [0.25, 0.3) is 0 Å². The van der Waals surface area contributed by atoms with Crippen LogP contribution in [-0.2, 0) is 6.54 Å². The lowest BCUT2D eigenvalue weighted by atomic mass is 10.4. The molecule has 1 aliphatic rings. The summed E-state index contributed by atoms with van der Waals surface area (Å²) < 4.78 is 5.38. The number of aromatic nitrogens is 2. The van der Waals surface area contributed by atoms with Gasteiger partial charge in [0.15, 0.2) is 11.8 Å². The number of rotatable bonds is 7. The molecule has 1 aromatic carbocycles. The second kappa shape index (κ2) is 7.70.